The maximum Gasteiger partial charge on any atom is 0.328 e. The second kappa shape index (κ2) is 5.22. The topological polar surface area (TPSA) is 66.4 Å². The number of aliphatic carboxylic acids is 1. The highest BCUT2D eigenvalue weighted by atomic mass is 19.1. The van der Waals surface area contributed by atoms with Gasteiger partial charge in [0.1, 0.15) is 5.82 Å². The SMILES string of the molecule is CC1CC1NC(=O)c1ccc(C=CC(=O)O)cc1F. The Kier molecular flexibility index (Phi) is 3.64. The van der Waals surface area contributed by atoms with E-state index in [1.807, 2.05) is 6.92 Å². The van der Waals surface area contributed by atoms with Crippen LogP contribution in [0.15, 0.2) is 24.3 Å². The minimum Gasteiger partial charge on any atom is -0.478 e. The molecule has 0 saturated heterocycles. The van der Waals surface area contributed by atoms with Crippen LogP contribution in [0.5, 0.6) is 0 Å². The average molecular weight is 263 g/mol. The van der Waals surface area contributed by atoms with Gasteiger partial charge in [-0.1, -0.05) is 13.0 Å². The number of carbonyl (C=O) groups is 2. The van der Waals surface area contributed by atoms with Crippen LogP contribution in [0.3, 0.4) is 0 Å². The number of carboxylic acids is 1. The Hall–Kier alpha value is -2.17. The smallest absolute Gasteiger partial charge is 0.328 e. The van der Waals surface area contributed by atoms with Crippen molar-refractivity contribution in [2.75, 3.05) is 0 Å². The number of amides is 1. The van der Waals surface area contributed by atoms with Crippen molar-refractivity contribution >= 4 is 18.0 Å². The van der Waals surface area contributed by atoms with Gasteiger partial charge in [0.2, 0.25) is 0 Å². The van der Waals surface area contributed by atoms with Gasteiger partial charge in [0, 0.05) is 12.1 Å². The molecule has 1 aliphatic rings. The van der Waals surface area contributed by atoms with Gasteiger partial charge in [0.25, 0.3) is 5.91 Å². The molecule has 1 saturated carbocycles. The summed E-state index contributed by atoms with van der Waals surface area (Å²) in [7, 11) is 0. The van der Waals surface area contributed by atoms with E-state index in [1.54, 1.807) is 0 Å². The molecule has 0 aromatic heterocycles. The van der Waals surface area contributed by atoms with Gasteiger partial charge in [-0.15, -0.1) is 0 Å². The quantitative estimate of drug-likeness (QED) is 0.817. The first-order chi connectivity index (χ1) is 8.97. The maximum absolute atomic E-state index is 13.8. The van der Waals surface area contributed by atoms with Crippen LogP contribution in [0.4, 0.5) is 4.39 Å². The standard InChI is InChI=1S/C14H14FNO3/c1-8-6-12(8)16-14(19)10-4-2-9(7-11(10)15)3-5-13(17)18/h2-5,7-8,12H,6H2,1H3,(H,16,19)(H,17,18). The van der Waals surface area contributed by atoms with Crippen LogP contribution in [-0.2, 0) is 4.79 Å². The van der Waals surface area contributed by atoms with E-state index in [9.17, 15) is 14.0 Å². The van der Waals surface area contributed by atoms with Crippen LogP contribution >= 0.6 is 0 Å². The van der Waals surface area contributed by atoms with Crippen molar-refractivity contribution in [1.29, 1.82) is 0 Å². The van der Waals surface area contributed by atoms with Crippen molar-refractivity contribution < 1.29 is 19.1 Å². The van der Waals surface area contributed by atoms with E-state index >= 15 is 0 Å². The highest BCUT2D eigenvalue weighted by molar-refractivity contribution is 5.95. The molecule has 2 unspecified atom stereocenters. The summed E-state index contributed by atoms with van der Waals surface area (Å²) in [6, 6.07) is 4.15. The van der Waals surface area contributed by atoms with E-state index in [4.69, 9.17) is 5.11 Å². The Bertz CT molecular complexity index is 554. The second-order valence-corrected chi connectivity index (χ2v) is 4.70. The van der Waals surface area contributed by atoms with Crippen LogP contribution < -0.4 is 5.32 Å². The van der Waals surface area contributed by atoms with Gasteiger partial charge in [-0.2, -0.15) is 0 Å². The molecule has 1 fully saturated rings. The fraction of sp³-hybridized carbons (Fsp3) is 0.286. The van der Waals surface area contributed by atoms with Gasteiger partial charge in [-0.25, -0.2) is 9.18 Å². The Morgan fingerprint density at radius 2 is 2.16 bits per heavy atom. The van der Waals surface area contributed by atoms with E-state index in [0.717, 1.165) is 18.6 Å². The predicted octanol–water partition coefficient (Wildman–Crippen LogP) is 2.06. The molecular formula is C14H14FNO3. The minimum atomic E-state index is -1.11. The van der Waals surface area contributed by atoms with E-state index < -0.39 is 17.7 Å². The molecular weight excluding hydrogens is 249 g/mol. The van der Waals surface area contributed by atoms with E-state index in [0.29, 0.717) is 11.5 Å². The lowest BCUT2D eigenvalue weighted by atomic mass is 10.1. The third kappa shape index (κ3) is 3.40. The Morgan fingerprint density at radius 1 is 1.47 bits per heavy atom. The lowest BCUT2D eigenvalue weighted by Crippen LogP contribution is -2.27. The Morgan fingerprint density at radius 3 is 2.68 bits per heavy atom. The van der Waals surface area contributed by atoms with Crippen LogP contribution in [-0.4, -0.2) is 23.0 Å². The predicted molar refractivity (Wildman–Crippen MR) is 68.1 cm³/mol. The molecule has 2 atom stereocenters. The number of halogens is 1. The molecule has 0 heterocycles. The van der Waals surface area contributed by atoms with Crippen LogP contribution in [0.1, 0.15) is 29.3 Å². The normalized spacial score (nSPS) is 21.4. The number of rotatable bonds is 4. The third-order valence-corrected chi connectivity index (χ3v) is 3.08. The number of carbonyl (C=O) groups excluding carboxylic acids is 1. The first kappa shape index (κ1) is 13.3. The van der Waals surface area contributed by atoms with Gasteiger partial charge in [-0.3, -0.25) is 4.79 Å². The molecule has 0 spiro atoms. The monoisotopic (exact) mass is 263 g/mol. The van der Waals surface area contributed by atoms with Gasteiger partial charge < -0.3 is 10.4 Å². The van der Waals surface area contributed by atoms with Crippen molar-refractivity contribution in [1.82, 2.24) is 5.32 Å². The molecule has 1 amide bonds. The van der Waals surface area contributed by atoms with Crippen LogP contribution in [0.2, 0.25) is 0 Å². The molecule has 0 radical (unpaired) electrons. The summed E-state index contributed by atoms with van der Waals surface area (Å²) in [5.41, 5.74) is 0.378. The molecule has 0 aliphatic heterocycles. The van der Waals surface area contributed by atoms with E-state index in [1.165, 1.54) is 18.2 Å². The number of benzene rings is 1. The van der Waals surface area contributed by atoms with Crippen molar-refractivity contribution in [3.05, 3.63) is 41.2 Å². The summed E-state index contributed by atoms with van der Waals surface area (Å²) in [6.07, 6.45) is 3.11. The first-order valence-corrected chi connectivity index (χ1v) is 5.99. The zero-order valence-electron chi connectivity index (χ0n) is 10.4. The molecule has 2 N–H and O–H groups in total. The zero-order chi connectivity index (χ0) is 14.0. The molecule has 1 aliphatic carbocycles. The summed E-state index contributed by atoms with van der Waals surface area (Å²) in [5, 5.41) is 11.2. The van der Waals surface area contributed by atoms with Gasteiger partial charge in [0.05, 0.1) is 5.56 Å². The van der Waals surface area contributed by atoms with E-state index in [-0.39, 0.29) is 11.6 Å². The van der Waals surface area contributed by atoms with Crippen molar-refractivity contribution in [2.24, 2.45) is 5.92 Å². The highest BCUT2D eigenvalue weighted by Gasteiger charge is 2.34. The molecule has 19 heavy (non-hydrogen) atoms. The molecule has 4 nitrogen and oxygen atoms in total. The Balaban J connectivity index is 2.10. The van der Waals surface area contributed by atoms with Gasteiger partial charge >= 0.3 is 5.97 Å². The fourth-order valence-electron chi connectivity index (χ4n) is 1.76. The first-order valence-electron chi connectivity index (χ1n) is 5.99. The number of nitrogens with one attached hydrogen (secondary N) is 1. The van der Waals surface area contributed by atoms with Crippen molar-refractivity contribution in [3.8, 4) is 0 Å². The third-order valence-electron chi connectivity index (χ3n) is 3.08. The minimum absolute atomic E-state index is 0.0217. The van der Waals surface area contributed by atoms with Crippen molar-refractivity contribution in [2.45, 2.75) is 19.4 Å². The maximum atomic E-state index is 13.8. The second-order valence-electron chi connectivity index (χ2n) is 4.70. The summed E-state index contributed by atoms with van der Waals surface area (Å²) >= 11 is 0. The van der Waals surface area contributed by atoms with Gasteiger partial charge in [0.15, 0.2) is 0 Å². The summed E-state index contributed by atoms with van der Waals surface area (Å²) in [5.74, 6) is -1.74. The molecule has 1 aromatic rings. The van der Waals surface area contributed by atoms with Crippen molar-refractivity contribution in [3.63, 3.8) is 0 Å². The number of hydrogen-bond acceptors (Lipinski definition) is 2. The highest BCUT2D eigenvalue weighted by Crippen LogP contribution is 2.29. The summed E-state index contributed by atoms with van der Waals surface area (Å²) < 4.78 is 13.8. The lowest BCUT2D eigenvalue weighted by Gasteiger charge is -2.05. The number of hydrogen-bond donors (Lipinski definition) is 2. The molecule has 1 aromatic carbocycles. The largest absolute Gasteiger partial charge is 0.478 e. The molecule has 100 valence electrons. The van der Waals surface area contributed by atoms with E-state index in [2.05, 4.69) is 5.32 Å². The number of carboxylic acid groups (broad SMARTS) is 1. The lowest BCUT2D eigenvalue weighted by molar-refractivity contribution is -0.131. The zero-order valence-corrected chi connectivity index (χ0v) is 10.4. The van der Waals surface area contributed by atoms with Crippen LogP contribution in [0.25, 0.3) is 6.08 Å². The van der Waals surface area contributed by atoms with Crippen LogP contribution in [0, 0.1) is 11.7 Å². The summed E-state index contributed by atoms with van der Waals surface area (Å²) in [6.45, 7) is 2.01. The average Bonchev–Trinajstić information content (AvgIpc) is 3.02. The fourth-order valence-corrected chi connectivity index (χ4v) is 1.76. The Labute approximate surface area is 109 Å². The molecule has 5 heteroatoms. The summed E-state index contributed by atoms with van der Waals surface area (Å²) in [4.78, 5) is 22.1. The molecule has 2 rings (SSSR count). The van der Waals surface area contributed by atoms with Gasteiger partial charge in [-0.05, 0) is 36.1 Å². The molecule has 0 bridgehead atoms.